The maximum absolute atomic E-state index is 9.01. The molecule has 0 heterocycles. The summed E-state index contributed by atoms with van der Waals surface area (Å²) < 4.78 is 10.1. The van der Waals surface area contributed by atoms with Gasteiger partial charge < -0.3 is 14.4 Å². The lowest BCUT2D eigenvalue weighted by Gasteiger charge is -2.20. The molecule has 0 unspecified atom stereocenters. The minimum atomic E-state index is 0.624. The maximum atomic E-state index is 9.01. The molecule has 1 rings (SSSR count). The van der Waals surface area contributed by atoms with E-state index in [0.717, 1.165) is 18.0 Å². The van der Waals surface area contributed by atoms with Crippen LogP contribution in [0.2, 0.25) is 0 Å². The molecule has 4 heteroatoms. The van der Waals surface area contributed by atoms with Gasteiger partial charge in [0.2, 0.25) is 0 Å². The van der Waals surface area contributed by atoms with Gasteiger partial charge in [0.15, 0.2) is 0 Å². The van der Waals surface area contributed by atoms with E-state index in [0.29, 0.717) is 12.2 Å². The van der Waals surface area contributed by atoms with Crippen molar-refractivity contribution in [3.05, 3.63) is 23.8 Å². The van der Waals surface area contributed by atoms with Crippen LogP contribution in [0.25, 0.3) is 0 Å². The lowest BCUT2D eigenvalue weighted by Crippen LogP contribution is -2.22. The Morgan fingerprint density at radius 3 is 2.69 bits per heavy atom. The highest BCUT2D eigenvalue weighted by atomic mass is 16.5. The van der Waals surface area contributed by atoms with Crippen LogP contribution in [-0.4, -0.2) is 34.4 Å². The predicted molar refractivity (Wildman–Crippen MR) is 62.9 cm³/mol. The van der Waals surface area contributed by atoms with Crippen LogP contribution in [-0.2, 0) is 4.74 Å². The summed E-state index contributed by atoms with van der Waals surface area (Å²) in [5, 5.41) is 9.01. The van der Waals surface area contributed by atoms with Crippen molar-refractivity contribution in [1.82, 2.24) is 0 Å². The van der Waals surface area contributed by atoms with E-state index in [2.05, 4.69) is 6.07 Å². The van der Waals surface area contributed by atoms with Crippen LogP contribution in [0.5, 0.6) is 5.75 Å². The Hall–Kier alpha value is -1.73. The molecular weight excluding hydrogens is 204 g/mol. The molecule has 0 aliphatic carbocycles. The van der Waals surface area contributed by atoms with Crippen molar-refractivity contribution < 1.29 is 9.47 Å². The molecule has 0 amide bonds. The summed E-state index contributed by atoms with van der Waals surface area (Å²) in [5.41, 5.74) is 1.50. The molecule has 0 saturated heterocycles. The van der Waals surface area contributed by atoms with Gasteiger partial charge in [0.05, 0.1) is 25.0 Å². The van der Waals surface area contributed by atoms with Crippen molar-refractivity contribution in [3.8, 4) is 11.8 Å². The molecule has 0 aromatic heterocycles. The molecule has 0 radical (unpaired) electrons. The molecule has 0 N–H and O–H groups in total. The predicted octanol–water partition coefficient (Wildman–Crippen LogP) is 1.65. The topological polar surface area (TPSA) is 45.5 Å². The molecule has 1 aromatic rings. The summed E-state index contributed by atoms with van der Waals surface area (Å²) in [7, 11) is 5.19. The molecule has 4 nitrogen and oxygen atoms in total. The zero-order chi connectivity index (χ0) is 12.0. The van der Waals surface area contributed by atoms with E-state index in [1.54, 1.807) is 26.4 Å². The number of ether oxygens (including phenoxy) is 2. The lowest BCUT2D eigenvalue weighted by molar-refractivity contribution is 0.206. The van der Waals surface area contributed by atoms with Gasteiger partial charge in [-0.2, -0.15) is 5.26 Å². The molecule has 0 spiro atoms. The van der Waals surface area contributed by atoms with Crippen molar-refractivity contribution in [2.75, 3.05) is 39.3 Å². The second-order valence-corrected chi connectivity index (χ2v) is 3.41. The van der Waals surface area contributed by atoms with Crippen LogP contribution in [0.3, 0.4) is 0 Å². The number of anilines is 1. The Balaban J connectivity index is 2.95. The summed E-state index contributed by atoms with van der Waals surface area (Å²) in [5.74, 6) is 0.748. The second-order valence-electron chi connectivity index (χ2n) is 3.41. The van der Waals surface area contributed by atoms with Gasteiger partial charge >= 0.3 is 0 Å². The zero-order valence-corrected chi connectivity index (χ0v) is 9.86. The Labute approximate surface area is 96.0 Å². The monoisotopic (exact) mass is 220 g/mol. The Morgan fingerprint density at radius 1 is 1.38 bits per heavy atom. The number of benzene rings is 1. The first-order valence-electron chi connectivity index (χ1n) is 5.01. The Bertz CT molecular complexity index is 385. The van der Waals surface area contributed by atoms with Crippen molar-refractivity contribution >= 4 is 5.69 Å². The number of hydrogen-bond donors (Lipinski definition) is 0. The Morgan fingerprint density at radius 2 is 2.12 bits per heavy atom. The molecular formula is C12H16N2O2. The fraction of sp³-hybridized carbons (Fsp3) is 0.417. The average Bonchev–Trinajstić information content (AvgIpc) is 2.35. The number of rotatable bonds is 5. The van der Waals surface area contributed by atoms with Crippen molar-refractivity contribution in [3.63, 3.8) is 0 Å². The summed E-state index contributed by atoms with van der Waals surface area (Å²) in [6.45, 7) is 1.36. The molecule has 0 aliphatic heterocycles. The highest BCUT2D eigenvalue weighted by Gasteiger charge is 2.08. The quantitative estimate of drug-likeness (QED) is 0.757. The van der Waals surface area contributed by atoms with Crippen molar-refractivity contribution in [1.29, 1.82) is 5.26 Å². The maximum Gasteiger partial charge on any atom is 0.121 e. The summed E-state index contributed by atoms with van der Waals surface area (Å²) in [6, 6.07) is 7.57. The van der Waals surface area contributed by atoms with Crippen molar-refractivity contribution in [2.45, 2.75) is 0 Å². The largest absolute Gasteiger partial charge is 0.497 e. The van der Waals surface area contributed by atoms with Gasteiger partial charge in [-0.3, -0.25) is 0 Å². The summed E-state index contributed by atoms with van der Waals surface area (Å²) in [6.07, 6.45) is 0. The van der Waals surface area contributed by atoms with Gasteiger partial charge in [0, 0.05) is 26.8 Å². The molecule has 0 aliphatic rings. The molecule has 0 fully saturated rings. The van der Waals surface area contributed by atoms with Gasteiger partial charge in [0.1, 0.15) is 11.8 Å². The SMILES string of the molecule is COCCN(C)c1cc(OC)ccc1C#N. The van der Waals surface area contributed by atoms with E-state index in [-0.39, 0.29) is 0 Å². The van der Waals surface area contributed by atoms with Gasteiger partial charge in [-0.1, -0.05) is 0 Å². The van der Waals surface area contributed by atoms with Gasteiger partial charge in [-0.15, -0.1) is 0 Å². The second kappa shape index (κ2) is 5.99. The standard InChI is InChI=1S/C12H16N2O2/c1-14(6-7-15-2)12-8-11(16-3)5-4-10(12)9-13/h4-5,8H,6-7H2,1-3H3. The molecule has 0 atom stereocenters. The fourth-order valence-corrected chi connectivity index (χ4v) is 1.40. The minimum absolute atomic E-state index is 0.624. The number of hydrogen-bond acceptors (Lipinski definition) is 4. The molecule has 16 heavy (non-hydrogen) atoms. The van der Waals surface area contributed by atoms with E-state index in [1.807, 2.05) is 18.0 Å². The number of methoxy groups -OCH3 is 2. The van der Waals surface area contributed by atoms with Crippen molar-refractivity contribution in [2.24, 2.45) is 0 Å². The van der Waals surface area contributed by atoms with E-state index in [1.165, 1.54) is 0 Å². The van der Waals surface area contributed by atoms with Gasteiger partial charge in [0.25, 0.3) is 0 Å². The third-order valence-electron chi connectivity index (χ3n) is 2.37. The summed E-state index contributed by atoms with van der Waals surface area (Å²) >= 11 is 0. The number of likely N-dealkylation sites (N-methyl/N-ethyl adjacent to an activating group) is 1. The van der Waals surface area contributed by atoms with Crippen LogP contribution >= 0.6 is 0 Å². The zero-order valence-electron chi connectivity index (χ0n) is 9.86. The van der Waals surface area contributed by atoms with Crippen LogP contribution < -0.4 is 9.64 Å². The van der Waals surface area contributed by atoms with Crippen LogP contribution in [0, 0.1) is 11.3 Å². The minimum Gasteiger partial charge on any atom is -0.497 e. The smallest absolute Gasteiger partial charge is 0.121 e. The van der Waals surface area contributed by atoms with Crippen LogP contribution in [0.4, 0.5) is 5.69 Å². The lowest BCUT2D eigenvalue weighted by atomic mass is 10.1. The first kappa shape index (κ1) is 12.3. The van der Waals surface area contributed by atoms with E-state index in [4.69, 9.17) is 14.7 Å². The fourth-order valence-electron chi connectivity index (χ4n) is 1.40. The third kappa shape index (κ3) is 2.88. The number of nitriles is 1. The Kier molecular flexibility index (Phi) is 4.62. The van der Waals surface area contributed by atoms with E-state index in [9.17, 15) is 0 Å². The third-order valence-corrected chi connectivity index (χ3v) is 2.37. The first-order chi connectivity index (χ1) is 7.72. The van der Waals surface area contributed by atoms with E-state index < -0.39 is 0 Å². The number of nitrogens with zero attached hydrogens (tertiary/aromatic N) is 2. The highest BCUT2D eigenvalue weighted by Crippen LogP contribution is 2.24. The van der Waals surface area contributed by atoms with Crippen LogP contribution in [0.15, 0.2) is 18.2 Å². The first-order valence-corrected chi connectivity index (χ1v) is 5.01. The van der Waals surface area contributed by atoms with E-state index >= 15 is 0 Å². The summed E-state index contributed by atoms with van der Waals surface area (Å²) in [4.78, 5) is 1.98. The molecule has 0 saturated carbocycles. The normalized spacial score (nSPS) is 9.62. The molecule has 86 valence electrons. The highest BCUT2D eigenvalue weighted by molar-refractivity contribution is 5.61. The molecule has 1 aromatic carbocycles. The average molecular weight is 220 g/mol. The molecule has 0 bridgehead atoms. The van der Waals surface area contributed by atoms with Crippen LogP contribution in [0.1, 0.15) is 5.56 Å². The van der Waals surface area contributed by atoms with Gasteiger partial charge in [-0.05, 0) is 12.1 Å². The van der Waals surface area contributed by atoms with Gasteiger partial charge in [-0.25, -0.2) is 0 Å².